The summed E-state index contributed by atoms with van der Waals surface area (Å²) in [6.45, 7) is 6.16. The minimum atomic E-state index is 0.00945. The van der Waals surface area contributed by atoms with Gasteiger partial charge in [-0.25, -0.2) is 0 Å². The van der Waals surface area contributed by atoms with Crippen LogP contribution in [-0.2, 0) is 17.8 Å². The molecule has 1 aliphatic carbocycles. The second-order valence-corrected chi connectivity index (χ2v) is 11.2. The van der Waals surface area contributed by atoms with Crippen LogP contribution in [0.2, 0.25) is 0 Å². The van der Waals surface area contributed by atoms with Crippen LogP contribution in [0.3, 0.4) is 0 Å². The number of ether oxygens (including phenoxy) is 1. The molecule has 0 atom stereocenters. The smallest absolute Gasteiger partial charge is 0.260 e. The first kappa shape index (κ1) is 22.1. The summed E-state index contributed by atoms with van der Waals surface area (Å²) in [5, 5.41) is 6.46. The number of nitrogens with one attached hydrogen (secondary N) is 2. The summed E-state index contributed by atoms with van der Waals surface area (Å²) in [6, 6.07) is 10.7. The first-order chi connectivity index (χ1) is 17.7. The van der Waals surface area contributed by atoms with Crippen LogP contribution in [0.5, 0.6) is 0 Å². The maximum absolute atomic E-state index is 13.4. The fraction of sp³-hybridized carbons (Fsp3) is 0.448. The van der Waals surface area contributed by atoms with Crippen molar-refractivity contribution < 1.29 is 4.74 Å². The quantitative estimate of drug-likeness (QED) is 0.415. The standard InChI is InChI=1S/C29H33N5O2/c35-28-25-14-31-15-27(34-9-7-29(17-34)18-36-19-29)24(25)6-8-33(28)16-21-4-5-22-11-23(32-26(22)10-21)13-30-12-20-2-1-3-20/h4-6,8,10-11,14-15,20,30,32H,1-3,7,9,12-13,16-19H2. The topological polar surface area (TPSA) is 75.2 Å². The number of hydrogen-bond acceptors (Lipinski definition) is 5. The number of aromatic amines is 1. The van der Waals surface area contributed by atoms with Gasteiger partial charge in [0, 0.05) is 54.0 Å². The van der Waals surface area contributed by atoms with Gasteiger partial charge in [-0.05, 0) is 60.9 Å². The van der Waals surface area contributed by atoms with E-state index in [1.54, 1.807) is 10.8 Å². The molecule has 2 saturated heterocycles. The van der Waals surface area contributed by atoms with Gasteiger partial charge in [0.05, 0.1) is 37.0 Å². The number of benzene rings is 1. The highest BCUT2D eigenvalue weighted by atomic mass is 16.5. The number of hydrogen-bond donors (Lipinski definition) is 2. The van der Waals surface area contributed by atoms with Crippen LogP contribution < -0.4 is 15.8 Å². The van der Waals surface area contributed by atoms with Gasteiger partial charge in [-0.3, -0.25) is 9.78 Å². The Balaban J connectivity index is 1.10. The average molecular weight is 484 g/mol. The first-order valence-electron chi connectivity index (χ1n) is 13.3. The molecule has 3 aromatic heterocycles. The van der Waals surface area contributed by atoms with Crippen LogP contribution in [0.1, 0.15) is 36.9 Å². The van der Waals surface area contributed by atoms with Gasteiger partial charge in [0.2, 0.25) is 0 Å². The van der Waals surface area contributed by atoms with Gasteiger partial charge in [-0.2, -0.15) is 0 Å². The number of pyridine rings is 2. The summed E-state index contributed by atoms with van der Waals surface area (Å²) in [5.74, 6) is 0.858. The van der Waals surface area contributed by atoms with E-state index in [-0.39, 0.29) is 5.56 Å². The minimum Gasteiger partial charge on any atom is -0.380 e. The molecule has 3 aliphatic rings. The van der Waals surface area contributed by atoms with Gasteiger partial charge in [0.15, 0.2) is 0 Å². The Morgan fingerprint density at radius 1 is 1.14 bits per heavy atom. The van der Waals surface area contributed by atoms with Crippen molar-refractivity contribution in [3.05, 3.63) is 70.5 Å². The number of fused-ring (bicyclic) bond motifs is 2. The van der Waals surface area contributed by atoms with Crippen molar-refractivity contribution in [2.75, 3.05) is 37.7 Å². The van der Waals surface area contributed by atoms with E-state index in [4.69, 9.17) is 4.74 Å². The monoisotopic (exact) mass is 483 g/mol. The predicted octanol–water partition coefficient (Wildman–Crippen LogP) is 4.04. The van der Waals surface area contributed by atoms with Gasteiger partial charge >= 0.3 is 0 Å². The molecule has 4 aromatic rings. The zero-order chi connectivity index (χ0) is 24.1. The van der Waals surface area contributed by atoms with Crippen molar-refractivity contribution in [3.63, 3.8) is 0 Å². The third kappa shape index (κ3) is 3.91. The van der Waals surface area contributed by atoms with E-state index in [0.717, 1.165) is 73.9 Å². The number of H-pyrrole nitrogens is 1. The molecule has 186 valence electrons. The van der Waals surface area contributed by atoms with E-state index in [9.17, 15) is 4.79 Å². The maximum atomic E-state index is 13.4. The zero-order valence-electron chi connectivity index (χ0n) is 20.6. The van der Waals surface area contributed by atoms with E-state index in [1.807, 2.05) is 12.4 Å². The highest BCUT2D eigenvalue weighted by Gasteiger charge is 2.44. The van der Waals surface area contributed by atoms with Gasteiger partial charge < -0.3 is 24.5 Å². The second kappa shape index (κ2) is 8.75. The summed E-state index contributed by atoms with van der Waals surface area (Å²) >= 11 is 0. The van der Waals surface area contributed by atoms with Crippen molar-refractivity contribution in [2.45, 2.75) is 38.8 Å². The zero-order valence-corrected chi connectivity index (χ0v) is 20.6. The summed E-state index contributed by atoms with van der Waals surface area (Å²) < 4.78 is 7.28. The van der Waals surface area contributed by atoms with Gasteiger partial charge in [-0.15, -0.1) is 0 Å². The number of nitrogens with zero attached hydrogens (tertiary/aromatic N) is 3. The van der Waals surface area contributed by atoms with Crippen LogP contribution in [0.15, 0.2) is 53.7 Å². The van der Waals surface area contributed by atoms with Gasteiger partial charge in [0.25, 0.3) is 5.56 Å². The SMILES string of the molecule is O=c1c2cncc(N3CCC4(COC4)C3)c2ccn1Cc1ccc2cc(CNCC3CCC3)[nH]c2c1. The summed E-state index contributed by atoms with van der Waals surface area (Å²) in [5.41, 5.74) is 4.80. The molecule has 2 N–H and O–H groups in total. The molecule has 1 spiro atoms. The largest absolute Gasteiger partial charge is 0.380 e. The number of rotatable bonds is 7. The van der Waals surface area contributed by atoms with Crippen molar-refractivity contribution in [1.82, 2.24) is 19.9 Å². The number of aromatic nitrogens is 3. The minimum absolute atomic E-state index is 0.00945. The van der Waals surface area contributed by atoms with Crippen molar-refractivity contribution in [1.29, 1.82) is 0 Å². The fourth-order valence-corrected chi connectivity index (χ4v) is 6.07. The molecule has 5 heterocycles. The van der Waals surface area contributed by atoms with E-state index in [2.05, 4.69) is 50.5 Å². The second-order valence-electron chi connectivity index (χ2n) is 11.2. The molecule has 7 nitrogen and oxygen atoms in total. The predicted molar refractivity (Wildman–Crippen MR) is 143 cm³/mol. The molecule has 1 aromatic carbocycles. The Labute approximate surface area is 210 Å². The lowest BCUT2D eigenvalue weighted by Gasteiger charge is -2.37. The molecular weight excluding hydrogens is 450 g/mol. The molecule has 1 saturated carbocycles. The van der Waals surface area contributed by atoms with Crippen LogP contribution >= 0.6 is 0 Å². The maximum Gasteiger partial charge on any atom is 0.260 e. The third-order valence-electron chi connectivity index (χ3n) is 8.54. The van der Waals surface area contributed by atoms with Gasteiger partial charge in [-0.1, -0.05) is 18.6 Å². The van der Waals surface area contributed by atoms with Crippen LogP contribution in [0.25, 0.3) is 21.7 Å². The molecule has 0 bridgehead atoms. The highest BCUT2D eigenvalue weighted by molar-refractivity contribution is 5.92. The Kier molecular flexibility index (Phi) is 5.36. The fourth-order valence-electron chi connectivity index (χ4n) is 6.07. The Morgan fingerprint density at radius 3 is 2.83 bits per heavy atom. The van der Waals surface area contributed by atoms with E-state index in [0.29, 0.717) is 17.3 Å². The molecule has 0 radical (unpaired) electrons. The normalized spacial score (nSPS) is 19.3. The van der Waals surface area contributed by atoms with Crippen molar-refractivity contribution in [2.24, 2.45) is 11.3 Å². The average Bonchev–Trinajstić information content (AvgIpc) is 3.46. The molecular formula is C29H33N5O2. The van der Waals surface area contributed by atoms with Crippen LogP contribution in [0.4, 0.5) is 5.69 Å². The molecule has 0 unspecified atom stereocenters. The summed E-state index contributed by atoms with van der Waals surface area (Å²) in [7, 11) is 0. The molecule has 7 heteroatoms. The number of anilines is 1. The highest BCUT2D eigenvalue weighted by Crippen LogP contribution is 2.40. The Morgan fingerprint density at radius 2 is 2.06 bits per heavy atom. The Hall–Kier alpha value is -3.16. The lowest BCUT2D eigenvalue weighted by molar-refractivity contribution is -0.0985. The third-order valence-corrected chi connectivity index (χ3v) is 8.54. The Bertz CT molecular complexity index is 1480. The van der Waals surface area contributed by atoms with Crippen molar-refractivity contribution >= 4 is 27.4 Å². The van der Waals surface area contributed by atoms with Crippen LogP contribution in [-0.4, -0.2) is 47.4 Å². The molecule has 36 heavy (non-hydrogen) atoms. The molecule has 7 rings (SSSR count). The molecule has 3 fully saturated rings. The molecule has 0 amide bonds. The van der Waals surface area contributed by atoms with Gasteiger partial charge in [0.1, 0.15) is 0 Å². The lowest BCUT2D eigenvalue weighted by atomic mass is 9.85. The first-order valence-corrected chi connectivity index (χ1v) is 13.3. The molecule has 2 aliphatic heterocycles. The van der Waals surface area contributed by atoms with E-state index >= 15 is 0 Å². The van der Waals surface area contributed by atoms with E-state index in [1.165, 1.54) is 30.3 Å². The summed E-state index contributed by atoms with van der Waals surface area (Å²) in [6.07, 6.45) is 10.8. The summed E-state index contributed by atoms with van der Waals surface area (Å²) in [4.78, 5) is 23.8. The van der Waals surface area contributed by atoms with Crippen LogP contribution in [0, 0.1) is 11.3 Å². The van der Waals surface area contributed by atoms with Crippen molar-refractivity contribution in [3.8, 4) is 0 Å². The lowest BCUT2D eigenvalue weighted by Crippen LogP contribution is -2.44. The van der Waals surface area contributed by atoms with E-state index < -0.39 is 0 Å².